The zero-order valence-electron chi connectivity index (χ0n) is 40.5. The molecule has 0 amide bonds. The SMILES string of the molecule is Cc1ccc2c(c1)C(C)(C)C(=CC=CC=CC1=[N+](CCCS(=O)(=O)O)c3ccc(S(=O)(=O)O)cc3C1(C)C)N2CCCCCC(=O)CCCCN(CCCN=[N+]=[N-])Cc1cn(C(C)(C)C)nn1. The Bertz CT molecular complexity index is 2650. The second-order valence-electron chi connectivity index (χ2n) is 19.8. The zero-order chi connectivity index (χ0) is 49.2. The van der Waals surface area contributed by atoms with Crippen LogP contribution in [0.15, 0.2) is 88.7 Å². The molecule has 364 valence electrons. The van der Waals surface area contributed by atoms with E-state index in [1.54, 1.807) is 6.07 Å². The lowest BCUT2D eigenvalue weighted by Crippen LogP contribution is -2.28. The summed E-state index contributed by atoms with van der Waals surface area (Å²) in [5.41, 5.74) is 15.4. The maximum Gasteiger partial charge on any atom is 0.294 e. The van der Waals surface area contributed by atoms with Gasteiger partial charge in [0.15, 0.2) is 5.71 Å². The van der Waals surface area contributed by atoms with Gasteiger partial charge in [0, 0.05) is 78.3 Å². The summed E-state index contributed by atoms with van der Waals surface area (Å²) >= 11 is 0. The van der Waals surface area contributed by atoms with Crippen molar-refractivity contribution in [3.8, 4) is 0 Å². The second kappa shape index (κ2) is 22.4. The van der Waals surface area contributed by atoms with Crippen LogP contribution in [0.3, 0.4) is 0 Å². The zero-order valence-corrected chi connectivity index (χ0v) is 42.2. The number of ketones is 1. The van der Waals surface area contributed by atoms with E-state index in [1.807, 2.05) is 53.6 Å². The number of hydrogen-bond donors (Lipinski definition) is 2. The minimum absolute atomic E-state index is 0.143. The van der Waals surface area contributed by atoms with Gasteiger partial charge in [-0.3, -0.25) is 18.8 Å². The highest BCUT2D eigenvalue weighted by molar-refractivity contribution is 7.86. The molecule has 3 aromatic rings. The van der Waals surface area contributed by atoms with Crippen LogP contribution in [0.2, 0.25) is 0 Å². The predicted octanol–water partition coefficient (Wildman–Crippen LogP) is 9.54. The van der Waals surface area contributed by atoms with E-state index in [0.29, 0.717) is 37.2 Å². The second-order valence-corrected chi connectivity index (χ2v) is 22.8. The summed E-state index contributed by atoms with van der Waals surface area (Å²) in [6.07, 6.45) is 18.3. The minimum atomic E-state index is -4.45. The number of unbranched alkanes of at least 4 members (excludes halogenated alkanes) is 3. The molecule has 2 N–H and O–H groups in total. The summed E-state index contributed by atoms with van der Waals surface area (Å²) in [7, 11) is -8.63. The molecule has 0 atom stereocenters. The molecular weight excluding hydrogens is 891 g/mol. The Hall–Kier alpha value is -4.97. The first-order chi connectivity index (χ1) is 31.4. The molecule has 0 unspecified atom stereocenters. The molecule has 0 fully saturated rings. The smallest absolute Gasteiger partial charge is 0.294 e. The summed E-state index contributed by atoms with van der Waals surface area (Å²) < 4.78 is 70.2. The van der Waals surface area contributed by atoms with E-state index in [9.17, 15) is 30.7 Å². The monoisotopic (exact) mass is 960 g/mol. The molecule has 0 aliphatic carbocycles. The van der Waals surface area contributed by atoms with E-state index >= 15 is 0 Å². The van der Waals surface area contributed by atoms with Crippen molar-refractivity contribution in [1.29, 1.82) is 0 Å². The van der Waals surface area contributed by atoms with Gasteiger partial charge in [-0.2, -0.15) is 21.4 Å². The first-order valence-electron chi connectivity index (χ1n) is 23.3. The lowest BCUT2D eigenvalue weighted by atomic mass is 9.81. The summed E-state index contributed by atoms with van der Waals surface area (Å²) in [5.74, 6) is -0.132. The van der Waals surface area contributed by atoms with Gasteiger partial charge in [0.25, 0.3) is 20.2 Å². The highest BCUT2D eigenvalue weighted by Gasteiger charge is 2.45. The number of fused-ring (bicyclic) bond motifs is 2. The molecule has 3 heterocycles. The van der Waals surface area contributed by atoms with Crippen molar-refractivity contribution in [3.63, 3.8) is 0 Å². The van der Waals surface area contributed by atoms with Gasteiger partial charge < -0.3 is 4.90 Å². The normalized spacial score (nSPS) is 16.5. The molecule has 0 radical (unpaired) electrons. The lowest BCUT2D eigenvalue weighted by molar-refractivity contribution is -0.437. The number of allylic oxidation sites excluding steroid dienone is 6. The molecule has 67 heavy (non-hydrogen) atoms. The third kappa shape index (κ3) is 14.3. The average molecular weight is 961 g/mol. The van der Waals surface area contributed by atoms with Crippen LogP contribution >= 0.6 is 0 Å². The molecule has 18 heteroatoms. The van der Waals surface area contributed by atoms with E-state index in [2.05, 4.69) is 96.0 Å². The van der Waals surface area contributed by atoms with Crippen LogP contribution in [-0.2, 0) is 47.9 Å². The Kier molecular flexibility index (Phi) is 17.7. The standard InChI is InChI=1S/C49H69N9O7S2/c1-37-23-25-43-41(33-37)48(5,6)45(21-12-9-13-22-46-49(7,8)42-34-40(67(63,64)65)24-26-44(42)57(46)31-18-32-66(60,61)62)56(43)30-15-10-11-19-39(59)20-14-16-28-55(29-17-27-51-53-50)35-38-36-58(54-52-38)47(2,3)4/h9,12-13,21-26,33-34,36H,10-11,14-20,27-32,35H2,1-8H3,(H-,60,61,62,63,64,65)/p+1. The topological polar surface area (TPSA) is 215 Å². The minimum Gasteiger partial charge on any atom is -0.344 e. The highest BCUT2D eigenvalue weighted by atomic mass is 32.2. The van der Waals surface area contributed by atoms with Crippen LogP contribution in [-0.4, -0.2) is 100 Å². The summed E-state index contributed by atoms with van der Waals surface area (Å²) in [4.78, 5) is 20.3. The molecule has 0 spiro atoms. The van der Waals surface area contributed by atoms with Crippen molar-refractivity contribution in [1.82, 2.24) is 19.9 Å². The van der Waals surface area contributed by atoms with Crippen LogP contribution in [0.1, 0.15) is 129 Å². The van der Waals surface area contributed by atoms with Crippen molar-refractivity contribution in [2.24, 2.45) is 5.11 Å². The Balaban J connectivity index is 1.19. The molecule has 16 nitrogen and oxygen atoms in total. The van der Waals surface area contributed by atoms with Crippen molar-refractivity contribution in [2.75, 3.05) is 43.4 Å². The van der Waals surface area contributed by atoms with Gasteiger partial charge in [0.2, 0.25) is 5.69 Å². The molecule has 2 aliphatic rings. The number of Topliss-reactive ketones (excluding diaryl/α,β-unsaturated/α-hetero) is 1. The molecule has 5 rings (SSSR count). The van der Waals surface area contributed by atoms with Crippen LogP contribution in [0.4, 0.5) is 11.4 Å². The van der Waals surface area contributed by atoms with Crippen LogP contribution in [0.25, 0.3) is 10.4 Å². The van der Waals surface area contributed by atoms with Gasteiger partial charge in [0.05, 0.1) is 33.5 Å². The number of benzene rings is 2. The largest absolute Gasteiger partial charge is 0.344 e. The molecule has 2 aromatic carbocycles. The number of aryl methyl sites for hydroxylation is 1. The van der Waals surface area contributed by atoms with Gasteiger partial charge in [-0.1, -0.05) is 66.5 Å². The Morgan fingerprint density at radius 1 is 0.896 bits per heavy atom. The first kappa shape index (κ1) is 53.0. The Morgan fingerprint density at radius 3 is 2.28 bits per heavy atom. The van der Waals surface area contributed by atoms with E-state index in [0.717, 1.165) is 75.3 Å². The first-order valence-corrected chi connectivity index (χ1v) is 26.3. The lowest BCUT2D eigenvalue weighted by Gasteiger charge is -2.27. The van der Waals surface area contributed by atoms with Crippen molar-refractivity contribution in [2.45, 2.75) is 141 Å². The molecule has 0 saturated carbocycles. The van der Waals surface area contributed by atoms with E-state index < -0.39 is 31.4 Å². The van der Waals surface area contributed by atoms with Crippen LogP contribution in [0, 0.1) is 6.92 Å². The van der Waals surface area contributed by atoms with Gasteiger partial charge >= 0.3 is 0 Å². The van der Waals surface area contributed by atoms with Crippen molar-refractivity contribution >= 4 is 43.1 Å². The summed E-state index contributed by atoms with van der Waals surface area (Å²) in [6.45, 7) is 20.4. The van der Waals surface area contributed by atoms with Crippen molar-refractivity contribution < 1.29 is 35.3 Å². The quantitative estimate of drug-likeness (QED) is 0.0155. The summed E-state index contributed by atoms with van der Waals surface area (Å²) in [5, 5.41) is 12.4. The van der Waals surface area contributed by atoms with Gasteiger partial charge in [-0.15, -0.1) is 5.10 Å². The van der Waals surface area contributed by atoms with E-state index in [-0.39, 0.29) is 34.6 Å². The van der Waals surface area contributed by atoms with Crippen LogP contribution < -0.4 is 4.90 Å². The third-order valence-corrected chi connectivity index (χ3v) is 14.3. The molecule has 1 aromatic heterocycles. The fourth-order valence-electron chi connectivity index (χ4n) is 9.01. The Labute approximate surface area is 397 Å². The molecule has 0 saturated heterocycles. The maximum absolute atomic E-state index is 13.0. The van der Waals surface area contributed by atoms with Gasteiger partial charge in [-0.25, -0.2) is 4.68 Å². The fraction of sp³-hybridized carbons (Fsp3) is 0.551. The average Bonchev–Trinajstić information content (AvgIpc) is 3.86. The highest BCUT2D eigenvalue weighted by Crippen LogP contribution is 2.48. The van der Waals surface area contributed by atoms with E-state index in [4.69, 9.17) is 5.53 Å². The number of azide groups is 1. The van der Waals surface area contributed by atoms with Gasteiger partial charge in [-0.05, 0) is 122 Å². The molecule has 0 bridgehead atoms. The molecule has 2 aliphatic heterocycles. The predicted molar refractivity (Wildman–Crippen MR) is 264 cm³/mol. The van der Waals surface area contributed by atoms with Gasteiger partial charge in [0.1, 0.15) is 12.3 Å². The number of aromatic nitrogens is 3. The number of carbonyl (C=O) groups excluding carboxylic acids is 1. The maximum atomic E-state index is 13.0. The van der Waals surface area contributed by atoms with Crippen LogP contribution in [0.5, 0.6) is 0 Å². The van der Waals surface area contributed by atoms with Crippen molar-refractivity contribution in [3.05, 3.63) is 111 Å². The number of anilines is 1. The number of carbonyl (C=O) groups is 1. The third-order valence-electron chi connectivity index (χ3n) is 12.6. The number of nitrogens with zero attached hydrogens (tertiary/aromatic N) is 9. The number of hydrogen-bond acceptors (Lipinski definition) is 10. The fourth-order valence-corrected chi connectivity index (χ4v) is 10.0. The number of rotatable bonds is 25. The van der Waals surface area contributed by atoms with E-state index in [1.165, 1.54) is 28.9 Å². The summed E-state index contributed by atoms with van der Waals surface area (Å²) in [6, 6.07) is 11.0. The Morgan fingerprint density at radius 2 is 1.61 bits per heavy atom. The molecular formula is C49H70N9O7S2+.